The average Bonchev–Trinajstić information content (AvgIpc) is 3.01. The first-order valence-electron chi connectivity index (χ1n) is 8.16. The summed E-state index contributed by atoms with van der Waals surface area (Å²) in [5.41, 5.74) is 0.851. The van der Waals surface area contributed by atoms with Crippen LogP contribution in [0.25, 0.3) is 0 Å². The van der Waals surface area contributed by atoms with E-state index in [1.807, 2.05) is 30.3 Å². The van der Waals surface area contributed by atoms with Gasteiger partial charge in [-0.3, -0.25) is 9.59 Å². The highest BCUT2D eigenvalue weighted by Crippen LogP contribution is 2.40. The Morgan fingerprint density at radius 2 is 2.00 bits per heavy atom. The van der Waals surface area contributed by atoms with E-state index in [9.17, 15) is 19.2 Å². The molecule has 3 atom stereocenters. The molecule has 1 unspecified atom stereocenters. The summed E-state index contributed by atoms with van der Waals surface area (Å²) in [5.74, 6) is -1.12. The van der Waals surface area contributed by atoms with Crippen LogP contribution in [0.2, 0.25) is 0 Å². The van der Waals surface area contributed by atoms with Crippen LogP contribution in [0.4, 0.5) is 4.79 Å². The number of rotatable bonds is 5. The van der Waals surface area contributed by atoms with Crippen molar-refractivity contribution in [2.45, 2.75) is 30.8 Å². The highest BCUT2D eigenvalue weighted by molar-refractivity contribution is 8.00. The van der Waals surface area contributed by atoms with Gasteiger partial charge in [0.2, 0.25) is 11.8 Å². The number of hydrogen-bond donors (Lipinski definition) is 1. The summed E-state index contributed by atoms with van der Waals surface area (Å²) in [6, 6.07) is 7.69. The Kier molecular flexibility index (Phi) is 5.46. The quantitative estimate of drug-likeness (QED) is 0.457. The maximum Gasteiger partial charge on any atom is 0.516 e. The second kappa shape index (κ2) is 7.77. The molecule has 1 N–H and O–H groups in total. The van der Waals surface area contributed by atoms with E-state index in [0.717, 1.165) is 5.56 Å². The Labute approximate surface area is 154 Å². The fourth-order valence-corrected chi connectivity index (χ4v) is 4.35. The van der Waals surface area contributed by atoms with E-state index in [2.05, 4.69) is 14.8 Å². The maximum absolute atomic E-state index is 12.3. The lowest BCUT2D eigenvalue weighted by Gasteiger charge is -2.43. The summed E-state index contributed by atoms with van der Waals surface area (Å²) < 4.78 is 9.14. The number of β-lactam (4-membered cyclic amide) rings is 1. The smallest absolute Gasteiger partial charge is 0.434 e. The summed E-state index contributed by atoms with van der Waals surface area (Å²) in [6.07, 6.45) is -0.900. The van der Waals surface area contributed by atoms with Crippen molar-refractivity contribution in [1.29, 1.82) is 0 Å². The molecule has 9 heteroatoms. The highest BCUT2D eigenvalue weighted by atomic mass is 32.2. The van der Waals surface area contributed by atoms with Gasteiger partial charge in [0.25, 0.3) is 0 Å². The van der Waals surface area contributed by atoms with E-state index in [1.54, 1.807) is 6.92 Å². The number of ether oxygens (including phenoxy) is 2. The van der Waals surface area contributed by atoms with Crippen LogP contribution < -0.4 is 5.32 Å². The first-order chi connectivity index (χ1) is 12.5. The number of nitrogens with one attached hydrogen (secondary N) is 1. The van der Waals surface area contributed by atoms with E-state index in [-0.39, 0.29) is 30.2 Å². The van der Waals surface area contributed by atoms with Crippen molar-refractivity contribution in [1.82, 2.24) is 10.2 Å². The van der Waals surface area contributed by atoms with Gasteiger partial charge in [-0.05, 0) is 12.5 Å². The zero-order chi connectivity index (χ0) is 18.7. The Hall–Kier alpha value is -2.55. The first kappa shape index (κ1) is 18.2. The third-order valence-corrected chi connectivity index (χ3v) is 5.43. The number of nitrogens with zero attached hydrogens (tertiary/aromatic N) is 1. The minimum absolute atomic E-state index is 0.0896. The number of carbonyl (C=O) groups excluding carboxylic acids is 4. The van der Waals surface area contributed by atoms with E-state index < -0.39 is 24.2 Å². The molecular formula is C17H18N2O6S. The van der Waals surface area contributed by atoms with Crippen LogP contribution in [0.1, 0.15) is 12.5 Å². The molecule has 1 aromatic rings. The predicted octanol–water partition coefficient (Wildman–Crippen LogP) is 0.697. The maximum atomic E-state index is 12.3. The monoisotopic (exact) mass is 378 g/mol. The number of thioether (sulfide) groups is 1. The minimum atomic E-state index is -1.08. The van der Waals surface area contributed by atoms with Crippen molar-refractivity contribution in [2.75, 3.05) is 12.4 Å². The van der Waals surface area contributed by atoms with Crippen molar-refractivity contribution < 1.29 is 28.7 Å². The third-order valence-electron chi connectivity index (χ3n) is 4.08. The molecule has 0 aliphatic carbocycles. The average molecular weight is 378 g/mol. The van der Waals surface area contributed by atoms with E-state index in [0.29, 0.717) is 5.75 Å². The molecule has 0 radical (unpaired) electrons. The van der Waals surface area contributed by atoms with Gasteiger partial charge in [0.15, 0.2) is 0 Å². The third kappa shape index (κ3) is 3.67. The second-order valence-corrected chi connectivity index (χ2v) is 6.95. The summed E-state index contributed by atoms with van der Waals surface area (Å²) in [5, 5.41) is 2.38. The van der Waals surface area contributed by atoms with Crippen LogP contribution in [-0.2, 0) is 30.3 Å². The highest BCUT2D eigenvalue weighted by Gasteiger charge is 2.57. The molecule has 2 heterocycles. The fourth-order valence-electron chi connectivity index (χ4n) is 2.88. The number of benzene rings is 1. The van der Waals surface area contributed by atoms with Crippen LogP contribution in [-0.4, -0.2) is 58.7 Å². The van der Waals surface area contributed by atoms with Gasteiger partial charge in [0, 0.05) is 5.75 Å². The standard InChI is InChI=1S/C17H18N2O6S/c1-2-24-17(23)25-16(22)11-9-26-15-13(14(21)19(11)15)18-12(20)8-10-6-4-3-5-7-10/h3-7,11,13,15H,2,8-9H2,1H3,(H,18,20)/t11?,13-,15-/m1/s1. The lowest BCUT2D eigenvalue weighted by atomic mass is 10.0. The first-order valence-corrected chi connectivity index (χ1v) is 9.21. The van der Waals surface area contributed by atoms with Gasteiger partial charge in [-0.2, -0.15) is 0 Å². The molecule has 2 amide bonds. The van der Waals surface area contributed by atoms with Crippen LogP contribution in [0.3, 0.4) is 0 Å². The summed E-state index contributed by atoms with van der Waals surface area (Å²) in [6.45, 7) is 1.68. The summed E-state index contributed by atoms with van der Waals surface area (Å²) in [4.78, 5) is 49.1. The molecule has 2 aliphatic heterocycles. The summed E-state index contributed by atoms with van der Waals surface area (Å²) in [7, 11) is 0. The van der Waals surface area contributed by atoms with Gasteiger partial charge in [-0.25, -0.2) is 9.59 Å². The molecule has 2 fully saturated rings. The molecule has 8 nitrogen and oxygen atoms in total. The molecule has 0 spiro atoms. The van der Waals surface area contributed by atoms with Crippen LogP contribution in [0.5, 0.6) is 0 Å². The van der Waals surface area contributed by atoms with E-state index in [1.165, 1.54) is 16.7 Å². The van der Waals surface area contributed by atoms with Crippen molar-refractivity contribution in [3.05, 3.63) is 35.9 Å². The van der Waals surface area contributed by atoms with E-state index >= 15 is 0 Å². The van der Waals surface area contributed by atoms with Gasteiger partial charge < -0.3 is 19.7 Å². The normalized spacial score (nSPS) is 23.7. The molecule has 0 bridgehead atoms. The van der Waals surface area contributed by atoms with Gasteiger partial charge in [-0.1, -0.05) is 30.3 Å². The number of amides is 2. The topological polar surface area (TPSA) is 102 Å². The van der Waals surface area contributed by atoms with Crippen molar-refractivity contribution >= 4 is 35.7 Å². The zero-order valence-electron chi connectivity index (χ0n) is 14.0. The molecule has 26 heavy (non-hydrogen) atoms. The predicted molar refractivity (Wildman–Crippen MR) is 92.1 cm³/mol. The summed E-state index contributed by atoms with van der Waals surface area (Å²) >= 11 is 1.37. The van der Waals surface area contributed by atoms with Gasteiger partial charge in [0.05, 0.1) is 13.0 Å². The molecule has 3 rings (SSSR count). The molecular weight excluding hydrogens is 360 g/mol. The van der Waals surface area contributed by atoms with Gasteiger partial charge >= 0.3 is 12.1 Å². The van der Waals surface area contributed by atoms with Crippen LogP contribution in [0, 0.1) is 0 Å². The van der Waals surface area contributed by atoms with Gasteiger partial charge in [0.1, 0.15) is 17.5 Å². The Balaban J connectivity index is 1.54. The molecule has 2 saturated heterocycles. The van der Waals surface area contributed by atoms with Crippen molar-refractivity contribution in [3.8, 4) is 0 Å². The Morgan fingerprint density at radius 1 is 1.27 bits per heavy atom. The van der Waals surface area contributed by atoms with Crippen molar-refractivity contribution in [3.63, 3.8) is 0 Å². The van der Waals surface area contributed by atoms with Crippen LogP contribution in [0.15, 0.2) is 30.3 Å². The van der Waals surface area contributed by atoms with Gasteiger partial charge in [-0.15, -0.1) is 11.8 Å². The molecule has 0 aromatic heterocycles. The molecule has 0 saturated carbocycles. The minimum Gasteiger partial charge on any atom is -0.434 e. The lowest BCUT2D eigenvalue weighted by molar-refractivity contribution is -0.160. The fraction of sp³-hybridized carbons (Fsp3) is 0.412. The molecule has 2 aliphatic rings. The number of hydrogen-bond acceptors (Lipinski definition) is 7. The molecule has 1 aromatic carbocycles. The lowest BCUT2D eigenvalue weighted by Crippen LogP contribution is -2.70. The number of carbonyl (C=O) groups is 4. The largest absolute Gasteiger partial charge is 0.516 e. The molecule has 138 valence electrons. The van der Waals surface area contributed by atoms with E-state index in [4.69, 9.17) is 0 Å². The zero-order valence-corrected chi connectivity index (χ0v) is 14.9. The Bertz CT molecular complexity index is 725. The van der Waals surface area contributed by atoms with Crippen molar-refractivity contribution in [2.24, 2.45) is 0 Å². The number of fused-ring (bicyclic) bond motifs is 1. The SMILES string of the molecule is CCOC(=O)OC(=O)C1CS[C@@H]2[C@H](NC(=O)Cc3ccccc3)C(=O)N12. The Morgan fingerprint density at radius 3 is 2.69 bits per heavy atom. The second-order valence-electron chi connectivity index (χ2n) is 5.80. The number of esters is 1. The van der Waals surface area contributed by atoms with Crippen LogP contribution >= 0.6 is 11.8 Å².